The predicted molar refractivity (Wildman–Crippen MR) is 124 cm³/mol. The summed E-state index contributed by atoms with van der Waals surface area (Å²) in [5.74, 6) is -2.19. The Hall–Kier alpha value is -2.96. The quantitative estimate of drug-likeness (QED) is 0.157. The fourth-order valence-corrected chi connectivity index (χ4v) is 3.86. The molecule has 1 amide bonds. The van der Waals surface area contributed by atoms with Crippen molar-refractivity contribution < 1.29 is 19.3 Å². The molecular formula is C20H15ClFIN4O4. The van der Waals surface area contributed by atoms with E-state index in [9.17, 15) is 14.9 Å². The lowest BCUT2D eigenvalue weighted by molar-refractivity contribution is -0.384. The molecule has 3 N–H and O–H groups in total. The van der Waals surface area contributed by atoms with Crippen molar-refractivity contribution in [2.45, 2.75) is 0 Å². The highest BCUT2D eigenvalue weighted by Crippen LogP contribution is 2.42. The van der Waals surface area contributed by atoms with E-state index in [1.165, 1.54) is 17.4 Å². The summed E-state index contributed by atoms with van der Waals surface area (Å²) in [5.41, 5.74) is 0.290. The lowest BCUT2D eigenvalue weighted by atomic mass is 10.1. The number of rotatable bonds is 6. The summed E-state index contributed by atoms with van der Waals surface area (Å²) in [6.07, 6.45) is 0. The van der Waals surface area contributed by atoms with E-state index < -0.39 is 27.9 Å². The normalized spacial score (nSPS) is 10.5. The highest BCUT2D eigenvalue weighted by Gasteiger charge is 2.31. The zero-order valence-electron chi connectivity index (χ0n) is 15.9. The first kappa shape index (κ1) is 22.7. The number of hydroxylamine groups is 1. The molecule has 31 heavy (non-hydrogen) atoms. The molecule has 11 heteroatoms. The van der Waals surface area contributed by atoms with Crippen LogP contribution >= 0.6 is 34.2 Å². The van der Waals surface area contributed by atoms with Gasteiger partial charge in [0.15, 0.2) is 11.5 Å². The van der Waals surface area contributed by atoms with Crippen molar-refractivity contribution in [1.29, 1.82) is 0 Å². The average Bonchev–Trinajstić information content (AvgIpc) is 2.75. The summed E-state index contributed by atoms with van der Waals surface area (Å²) in [6.45, 7) is 0. The van der Waals surface area contributed by atoms with Crippen molar-refractivity contribution in [3.8, 4) is 0 Å². The van der Waals surface area contributed by atoms with E-state index >= 15 is 4.39 Å². The van der Waals surface area contributed by atoms with Crippen LogP contribution in [0.1, 0.15) is 10.4 Å². The number of halogens is 3. The van der Waals surface area contributed by atoms with Gasteiger partial charge >= 0.3 is 0 Å². The maximum absolute atomic E-state index is 15.8. The summed E-state index contributed by atoms with van der Waals surface area (Å²) >= 11 is 8.27. The van der Waals surface area contributed by atoms with Crippen molar-refractivity contribution >= 4 is 68.5 Å². The molecule has 0 fully saturated rings. The lowest BCUT2D eigenvalue weighted by Gasteiger charge is -2.23. The fourth-order valence-electron chi connectivity index (χ4n) is 2.95. The standard InChI is InChI=1S/C20H15ClFIN4O4/c1-26(12-5-3-2-4-6-12)19-16(27(30)31)10-13(20(28)25-29)18(17(19)22)24-15-8-7-11(23)9-14(15)21/h2-10,24,29H,1H3,(H,25,28). The van der Waals surface area contributed by atoms with Gasteiger partial charge in [0.05, 0.1) is 26.9 Å². The number of carbonyl (C=O) groups is 1. The van der Waals surface area contributed by atoms with Gasteiger partial charge in [-0.3, -0.25) is 20.1 Å². The Balaban J connectivity index is 2.27. The number of nitro groups is 1. The second-order valence-corrected chi connectivity index (χ2v) is 7.98. The first-order valence-electron chi connectivity index (χ1n) is 8.70. The molecule has 3 aromatic rings. The minimum Gasteiger partial charge on any atom is -0.351 e. The highest BCUT2D eigenvalue weighted by molar-refractivity contribution is 14.1. The van der Waals surface area contributed by atoms with Gasteiger partial charge in [0.2, 0.25) is 0 Å². The third kappa shape index (κ3) is 4.70. The number of benzene rings is 3. The number of amides is 1. The van der Waals surface area contributed by atoms with Crippen LogP contribution in [0.2, 0.25) is 5.02 Å². The number of anilines is 4. The number of hydrogen-bond acceptors (Lipinski definition) is 6. The van der Waals surface area contributed by atoms with Crippen molar-refractivity contribution in [3.05, 3.63) is 84.7 Å². The number of carbonyl (C=O) groups excluding carboxylic acids is 1. The molecule has 160 valence electrons. The van der Waals surface area contributed by atoms with E-state index in [1.54, 1.807) is 48.5 Å². The predicted octanol–water partition coefficient (Wildman–Crippen LogP) is 5.62. The van der Waals surface area contributed by atoms with Gasteiger partial charge in [-0.2, -0.15) is 0 Å². The number of nitrogens with zero attached hydrogens (tertiary/aromatic N) is 2. The smallest absolute Gasteiger partial charge is 0.296 e. The van der Waals surface area contributed by atoms with E-state index in [1.807, 2.05) is 22.6 Å². The molecule has 0 unspecified atom stereocenters. The van der Waals surface area contributed by atoms with Gasteiger partial charge in [-0.25, -0.2) is 9.87 Å². The van der Waals surface area contributed by atoms with Crippen LogP contribution in [-0.2, 0) is 0 Å². The molecular weight excluding hydrogens is 542 g/mol. The van der Waals surface area contributed by atoms with Crippen LogP contribution in [0.15, 0.2) is 54.6 Å². The van der Waals surface area contributed by atoms with Crippen molar-refractivity contribution in [1.82, 2.24) is 5.48 Å². The SMILES string of the molecule is CN(c1ccccc1)c1c([N+](=O)[O-])cc(C(=O)NO)c(Nc2ccc(I)cc2Cl)c1F. The fraction of sp³-hybridized carbons (Fsp3) is 0.0500. The monoisotopic (exact) mass is 556 g/mol. The van der Waals surface area contributed by atoms with Gasteiger partial charge in [-0.05, 0) is 52.9 Å². The molecule has 0 aliphatic rings. The third-order valence-electron chi connectivity index (χ3n) is 4.43. The van der Waals surface area contributed by atoms with Gasteiger partial charge in [0, 0.05) is 22.4 Å². The molecule has 3 rings (SSSR count). The Morgan fingerprint density at radius 3 is 2.48 bits per heavy atom. The molecule has 0 saturated carbocycles. The molecule has 0 radical (unpaired) electrons. The Morgan fingerprint density at radius 1 is 1.23 bits per heavy atom. The molecule has 3 aromatic carbocycles. The Morgan fingerprint density at radius 2 is 1.90 bits per heavy atom. The van der Waals surface area contributed by atoms with E-state index in [0.717, 1.165) is 9.64 Å². The van der Waals surface area contributed by atoms with Crippen LogP contribution in [0.3, 0.4) is 0 Å². The zero-order chi connectivity index (χ0) is 22.7. The van der Waals surface area contributed by atoms with Crippen LogP contribution in [0.4, 0.5) is 32.8 Å². The number of hydrogen-bond donors (Lipinski definition) is 3. The maximum Gasteiger partial charge on any atom is 0.296 e. The van der Waals surface area contributed by atoms with Gasteiger partial charge in [-0.15, -0.1) is 0 Å². The summed E-state index contributed by atoms with van der Waals surface area (Å²) in [6, 6.07) is 14.3. The van der Waals surface area contributed by atoms with Crippen LogP contribution in [-0.4, -0.2) is 23.1 Å². The molecule has 8 nitrogen and oxygen atoms in total. The van der Waals surface area contributed by atoms with Gasteiger partial charge in [0.25, 0.3) is 11.6 Å². The molecule has 0 aromatic heterocycles. The Bertz CT molecular complexity index is 1160. The molecule has 0 aliphatic carbocycles. The van der Waals surface area contributed by atoms with Gasteiger partial charge in [0.1, 0.15) is 0 Å². The summed E-state index contributed by atoms with van der Waals surface area (Å²) in [4.78, 5) is 24.4. The van der Waals surface area contributed by atoms with Gasteiger partial charge in [-0.1, -0.05) is 29.8 Å². The second kappa shape index (κ2) is 9.45. The maximum atomic E-state index is 15.8. The molecule has 0 atom stereocenters. The third-order valence-corrected chi connectivity index (χ3v) is 5.42. The Labute approximate surface area is 194 Å². The minimum absolute atomic E-state index is 0.248. The topological polar surface area (TPSA) is 108 Å². The average molecular weight is 557 g/mol. The van der Waals surface area contributed by atoms with Gasteiger partial charge < -0.3 is 10.2 Å². The Kier molecular flexibility index (Phi) is 6.93. The van der Waals surface area contributed by atoms with E-state index in [-0.39, 0.29) is 22.1 Å². The summed E-state index contributed by atoms with van der Waals surface area (Å²) < 4.78 is 16.6. The van der Waals surface area contributed by atoms with Crippen LogP contribution in [0.5, 0.6) is 0 Å². The van der Waals surface area contributed by atoms with Crippen LogP contribution < -0.4 is 15.7 Å². The largest absolute Gasteiger partial charge is 0.351 e. The first-order chi connectivity index (χ1) is 14.7. The van der Waals surface area contributed by atoms with Crippen molar-refractivity contribution in [3.63, 3.8) is 0 Å². The van der Waals surface area contributed by atoms with E-state index in [4.69, 9.17) is 16.8 Å². The summed E-state index contributed by atoms with van der Waals surface area (Å²) in [5, 5.41) is 23.8. The van der Waals surface area contributed by atoms with E-state index in [2.05, 4.69) is 5.32 Å². The number of nitrogens with one attached hydrogen (secondary N) is 2. The molecule has 0 bridgehead atoms. The number of nitro benzene ring substituents is 1. The van der Waals surface area contributed by atoms with Crippen molar-refractivity contribution in [2.24, 2.45) is 0 Å². The highest BCUT2D eigenvalue weighted by atomic mass is 127. The summed E-state index contributed by atoms with van der Waals surface area (Å²) in [7, 11) is 1.47. The zero-order valence-corrected chi connectivity index (χ0v) is 18.8. The molecule has 0 spiro atoms. The molecule has 0 saturated heterocycles. The first-order valence-corrected chi connectivity index (χ1v) is 10.2. The molecule has 0 heterocycles. The number of para-hydroxylation sites is 1. The minimum atomic E-state index is -1.12. The second-order valence-electron chi connectivity index (χ2n) is 6.32. The molecule has 0 aliphatic heterocycles. The van der Waals surface area contributed by atoms with Crippen LogP contribution in [0.25, 0.3) is 0 Å². The van der Waals surface area contributed by atoms with Crippen LogP contribution in [0, 0.1) is 19.5 Å². The van der Waals surface area contributed by atoms with E-state index in [0.29, 0.717) is 5.69 Å². The lowest BCUT2D eigenvalue weighted by Crippen LogP contribution is -2.22. The van der Waals surface area contributed by atoms with Crippen molar-refractivity contribution in [2.75, 3.05) is 17.3 Å².